The maximum Gasteiger partial charge on any atom is 1.00 e. The second-order valence-electron chi connectivity index (χ2n) is 8.30. The molecular formula is C23H46NNaO2. The van der Waals surface area contributed by atoms with Crippen LogP contribution in [0.2, 0.25) is 0 Å². The molecule has 0 aromatic rings. The molecule has 0 heterocycles. The van der Waals surface area contributed by atoms with Crippen molar-refractivity contribution in [3.63, 3.8) is 0 Å². The molecule has 27 heavy (non-hydrogen) atoms. The molecule has 0 amide bonds. The number of unbranched alkanes of at least 4 members (excludes halogenated alkanes) is 15. The largest absolute Gasteiger partial charge is 1.00 e. The van der Waals surface area contributed by atoms with Crippen LogP contribution in [0.3, 0.4) is 0 Å². The second-order valence-corrected chi connectivity index (χ2v) is 8.30. The molecule has 0 aliphatic heterocycles. The van der Waals surface area contributed by atoms with Crippen LogP contribution in [-0.4, -0.2) is 18.6 Å². The van der Waals surface area contributed by atoms with E-state index in [4.69, 9.17) is 0 Å². The molecule has 1 N–H and O–H groups in total. The van der Waals surface area contributed by atoms with E-state index in [0.29, 0.717) is 0 Å². The fraction of sp³-hybridized carbons (Fsp3) is 0.957. The first-order valence-corrected chi connectivity index (χ1v) is 11.5. The van der Waals surface area contributed by atoms with Crippen molar-refractivity contribution < 1.29 is 39.5 Å². The molecule has 3 nitrogen and oxygen atoms in total. The summed E-state index contributed by atoms with van der Waals surface area (Å²) >= 11 is 0. The molecule has 0 fully saturated rings. The first kappa shape index (κ1) is 29.6. The molecule has 0 aliphatic carbocycles. The summed E-state index contributed by atoms with van der Waals surface area (Å²) in [5.74, 6) is -0.891. The third-order valence-corrected chi connectivity index (χ3v) is 5.32. The minimum atomic E-state index is -0.975. The molecule has 0 unspecified atom stereocenters. The van der Waals surface area contributed by atoms with Gasteiger partial charge in [0.05, 0.1) is 5.97 Å². The van der Waals surface area contributed by atoms with E-state index in [2.05, 4.69) is 12.2 Å². The molecule has 0 aromatic carbocycles. The van der Waals surface area contributed by atoms with Crippen LogP contribution in [0.1, 0.15) is 124 Å². The molecule has 0 aromatic heterocycles. The molecule has 0 saturated carbocycles. The molecule has 0 bridgehead atoms. The average Bonchev–Trinajstić information content (AvgIpc) is 2.60. The maximum atomic E-state index is 11.0. The number of hydrogen-bond donors (Lipinski definition) is 1. The van der Waals surface area contributed by atoms with Gasteiger partial charge in [-0.3, -0.25) is 0 Å². The second kappa shape index (κ2) is 22.7. The number of carbonyl (C=O) groups is 1. The standard InChI is InChI=1S/C23H47NO2.Na/c1-4-5-6-7-8-9-10-11-12-13-14-15-16-17-18-19-20-24-22(21(2)3)23(25)26;/h21-22,24H,4-20H2,1-3H3,(H,25,26);/q;+1/p-1/t22-;/m0./s1. The molecule has 4 heteroatoms. The van der Waals surface area contributed by atoms with Crippen LogP contribution in [0.25, 0.3) is 0 Å². The Bertz CT molecular complexity index is 311. The first-order chi connectivity index (χ1) is 12.6. The van der Waals surface area contributed by atoms with Crippen molar-refractivity contribution in [2.45, 2.75) is 130 Å². The van der Waals surface area contributed by atoms with Gasteiger partial charge in [0.2, 0.25) is 0 Å². The van der Waals surface area contributed by atoms with Gasteiger partial charge in [0.15, 0.2) is 0 Å². The molecule has 0 aliphatic rings. The number of rotatable bonds is 20. The fourth-order valence-electron chi connectivity index (χ4n) is 3.52. The minimum Gasteiger partial charge on any atom is -0.548 e. The van der Waals surface area contributed by atoms with Gasteiger partial charge in [0.1, 0.15) is 0 Å². The van der Waals surface area contributed by atoms with Gasteiger partial charge in [-0.15, -0.1) is 0 Å². The number of aliphatic carboxylic acids is 1. The van der Waals surface area contributed by atoms with Crippen molar-refractivity contribution >= 4 is 5.97 Å². The van der Waals surface area contributed by atoms with Gasteiger partial charge in [-0.05, 0) is 18.9 Å². The minimum absolute atomic E-state index is 0. The number of hydrogen-bond acceptors (Lipinski definition) is 3. The van der Waals surface area contributed by atoms with E-state index in [-0.39, 0.29) is 35.5 Å². The molecule has 0 rings (SSSR count). The fourth-order valence-corrected chi connectivity index (χ4v) is 3.52. The van der Waals surface area contributed by atoms with Crippen LogP contribution in [0, 0.1) is 5.92 Å². The molecule has 0 saturated heterocycles. The average molecular weight is 392 g/mol. The van der Waals surface area contributed by atoms with E-state index in [1.807, 2.05) is 13.8 Å². The van der Waals surface area contributed by atoms with Crippen molar-refractivity contribution in [1.29, 1.82) is 0 Å². The zero-order chi connectivity index (χ0) is 19.5. The first-order valence-electron chi connectivity index (χ1n) is 11.5. The van der Waals surface area contributed by atoms with Crippen LogP contribution >= 0.6 is 0 Å². The van der Waals surface area contributed by atoms with Gasteiger partial charge in [0.25, 0.3) is 0 Å². The number of carboxylic acids is 1. The summed E-state index contributed by atoms with van der Waals surface area (Å²) in [6, 6.07) is -0.508. The summed E-state index contributed by atoms with van der Waals surface area (Å²) in [4.78, 5) is 11.0. The van der Waals surface area contributed by atoms with Crippen molar-refractivity contribution in [2.24, 2.45) is 5.92 Å². The third kappa shape index (κ3) is 21.0. The monoisotopic (exact) mass is 391 g/mol. The summed E-state index contributed by atoms with van der Waals surface area (Å²) in [6.45, 7) is 6.90. The van der Waals surface area contributed by atoms with Crippen molar-refractivity contribution in [3.8, 4) is 0 Å². The zero-order valence-corrected chi connectivity index (χ0v) is 21.0. The van der Waals surface area contributed by atoms with E-state index >= 15 is 0 Å². The van der Waals surface area contributed by atoms with Gasteiger partial charge in [-0.25, -0.2) is 0 Å². The van der Waals surface area contributed by atoms with Crippen LogP contribution in [0.4, 0.5) is 0 Å². The number of carboxylic acid groups (broad SMARTS) is 1. The Hall–Kier alpha value is 0.430. The normalized spacial score (nSPS) is 12.1. The van der Waals surface area contributed by atoms with Crippen molar-refractivity contribution in [3.05, 3.63) is 0 Å². The van der Waals surface area contributed by atoms with E-state index in [1.54, 1.807) is 0 Å². The summed E-state index contributed by atoms with van der Waals surface area (Å²) < 4.78 is 0. The molecule has 0 radical (unpaired) electrons. The van der Waals surface area contributed by atoms with Gasteiger partial charge < -0.3 is 15.2 Å². The third-order valence-electron chi connectivity index (χ3n) is 5.32. The van der Waals surface area contributed by atoms with E-state index in [0.717, 1.165) is 13.0 Å². The van der Waals surface area contributed by atoms with Crippen LogP contribution in [-0.2, 0) is 4.79 Å². The summed E-state index contributed by atoms with van der Waals surface area (Å²) in [5.41, 5.74) is 0. The van der Waals surface area contributed by atoms with Crippen LogP contribution < -0.4 is 40.0 Å². The summed E-state index contributed by atoms with van der Waals surface area (Å²) in [7, 11) is 0. The maximum absolute atomic E-state index is 11.0. The van der Waals surface area contributed by atoms with Gasteiger partial charge in [-0.2, -0.15) is 0 Å². The quantitative estimate of drug-likeness (QED) is 0.256. The molecule has 0 spiro atoms. The van der Waals surface area contributed by atoms with E-state index in [1.165, 1.54) is 96.3 Å². The Morgan fingerprint density at radius 1 is 0.704 bits per heavy atom. The summed E-state index contributed by atoms with van der Waals surface area (Å²) in [5, 5.41) is 14.1. The smallest absolute Gasteiger partial charge is 0.548 e. The van der Waals surface area contributed by atoms with E-state index in [9.17, 15) is 9.90 Å². The predicted molar refractivity (Wildman–Crippen MR) is 111 cm³/mol. The molecular weight excluding hydrogens is 345 g/mol. The summed E-state index contributed by atoms with van der Waals surface area (Å²) in [6.07, 6.45) is 21.8. The van der Waals surface area contributed by atoms with Gasteiger partial charge in [-0.1, -0.05) is 117 Å². The van der Waals surface area contributed by atoms with Gasteiger partial charge >= 0.3 is 29.6 Å². The number of nitrogens with one attached hydrogen (secondary N) is 1. The Labute approximate surface area is 192 Å². The van der Waals surface area contributed by atoms with Crippen molar-refractivity contribution in [1.82, 2.24) is 5.32 Å². The zero-order valence-electron chi connectivity index (χ0n) is 19.0. The Kier molecular flexibility index (Phi) is 24.9. The predicted octanol–water partition coefficient (Wildman–Crippen LogP) is 2.62. The Morgan fingerprint density at radius 2 is 1.04 bits per heavy atom. The molecule has 156 valence electrons. The Balaban J connectivity index is 0. The Morgan fingerprint density at radius 3 is 1.33 bits per heavy atom. The SMILES string of the molecule is CCCCCCCCCCCCCCCCCCN[C@H](C(=O)[O-])C(C)C.[Na+]. The molecule has 1 atom stereocenters. The topological polar surface area (TPSA) is 52.2 Å². The van der Waals surface area contributed by atoms with Crippen molar-refractivity contribution in [2.75, 3.05) is 6.54 Å². The van der Waals surface area contributed by atoms with Gasteiger partial charge in [0, 0.05) is 6.04 Å². The van der Waals surface area contributed by atoms with Crippen LogP contribution in [0.5, 0.6) is 0 Å². The van der Waals surface area contributed by atoms with Crippen LogP contribution in [0.15, 0.2) is 0 Å². The number of carbonyl (C=O) groups excluding carboxylic acids is 1. The van der Waals surface area contributed by atoms with E-state index < -0.39 is 12.0 Å².